The van der Waals surface area contributed by atoms with Gasteiger partial charge in [-0.15, -0.1) is 6.58 Å². The summed E-state index contributed by atoms with van der Waals surface area (Å²) in [6, 6.07) is 0. The van der Waals surface area contributed by atoms with E-state index in [1.807, 2.05) is 5.70 Å². The monoisotopic (exact) mass is 191 g/mol. The van der Waals surface area contributed by atoms with Gasteiger partial charge in [0.15, 0.2) is 5.55 Å². The minimum absolute atomic E-state index is 0.151. The van der Waals surface area contributed by atoms with E-state index in [-0.39, 0.29) is 9.79 Å². The number of hydrogen-bond donors (Lipinski definition) is 2. The zero-order chi connectivity index (χ0) is 8.15. The highest BCUT2D eigenvalue weighted by molar-refractivity contribution is 8.50. The highest BCUT2D eigenvalue weighted by Crippen LogP contribution is 2.00. The van der Waals surface area contributed by atoms with Gasteiger partial charge in [-0.2, -0.15) is 0 Å². The third-order valence-electron chi connectivity index (χ3n) is 1.23. The number of rotatable bonds is 4. The summed E-state index contributed by atoms with van der Waals surface area (Å²) in [6.07, 6.45) is 0. The lowest BCUT2D eigenvalue weighted by Crippen LogP contribution is -2.41. The van der Waals surface area contributed by atoms with Gasteiger partial charge in [-0.3, -0.25) is 5.41 Å². The Kier molecular flexibility index (Phi) is 4.97. The maximum Gasteiger partial charge on any atom is 0.371 e. The standard InChI is InChI=1S/C5H15N2SSi2/c1-4-10(7)8(5-6)9(2)3/h4-6,9-10H,1,7H2,2-3H3/q+1. The van der Waals surface area contributed by atoms with Crippen LogP contribution in [0.4, 0.5) is 0 Å². The molecule has 0 aliphatic heterocycles. The third-order valence-corrected chi connectivity index (χ3v) is 18.0. The van der Waals surface area contributed by atoms with Gasteiger partial charge in [0.05, 0.1) is 0 Å². The Morgan fingerprint density at radius 3 is 2.20 bits per heavy atom. The molecule has 0 fully saturated rings. The molecule has 0 aromatic rings. The Bertz CT molecular complexity index is 129. The average Bonchev–Trinajstić information content (AvgIpc) is 1.88. The van der Waals surface area contributed by atoms with Crippen LogP contribution in [0.2, 0.25) is 13.1 Å². The predicted octanol–water partition coefficient (Wildman–Crippen LogP) is 0.0996. The predicted molar refractivity (Wildman–Crippen MR) is 56.6 cm³/mol. The van der Waals surface area contributed by atoms with Crippen molar-refractivity contribution >= 4 is 31.4 Å². The van der Waals surface area contributed by atoms with Gasteiger partial charge in [0.1, 0.15) is 0 Å². The van der Waals surface area contributed by atoms with E-state index < -0.39 is 16.1 Å². The van der Waals surface area contributed by atoms with Crippen LogP contribution in [0.1, 0.15) is 0 Å². The van der Waals surface area contributed by atoms with Crippen LogP contribution in [0.25, 0.3) is 0 Å². The molecular formula is C5H15N2SSi2+. The van der Waals surface area contributed by atoms with Gasteiger partial charge in [0.25, 0.3) is 7.95 Å². The van der Waals surface area contributed by atoms with Crippen LogP contribution >= 0.6 is 0 Å². The van der Waals surface area contributed by atoms with E-state index in [1.165, 1.54) is 0 Å². The molecule has 0 amide bonds. The Labute approximate surface area is 67.9 Å². The summed E-state index contributed by atoms with van der Waals surface area (Å²) in [5, 5.41) is 13.0. The zero-order valence-electron chi connectivity index (χ0n) is 6.50. The van der Waals surface area contributed by atoms with Crippen LogP contribution < -0.4 is 5.40 Å². The second kappa shape index (κ2) is 4.89. The lowest BCUT2D eigenvalue weighted by Gasteiger charge is -2.07. The van der Waals surface area contributed by atoms with Gasteiger partial charge in [-0.25, -0.2) is 0 Å². The van der Waals surface area contributed by atoms with Crippen molar-refractivity contribution in [3.8, 4) is 0 Å². The van der Waals surface area contributed by atoms with Gasteiger partial charge in [0, 0.05) is 0 Å². The summed E-state index contributed by atoms with van der Waals surface area (Å²) in [6.45, 7) is 8.16. The summed E-state index contributed by atoms with van der Waals surface area (Å²) in [4.78, 5) is 0. The topological polar surface area (TPSA) is 49.9 Å². The molecule has 0 spiro atoms. The molecule has 0 rings (SSSR count). The van der Waals surface area contributed by atoms with E-state index in [0.717, 1.165) is 0 Å². The summed E-state index contributed by atoms with van der Waals surface area (Å²) in [5.41, 5.74) is 3.43. The van der Waals surface area contributed by atoms with E-state index >= 15 is 0 Å². The van der Waals surface area contributed by atoms with Crippen LogP contribution in [-0.2, 0) is 9.79 Å². The van der Waals surface area contributed by atoms with Crippen molar-refractivity contribution in [3.05, 3.63) is 12.3 Å². The number of nitrogens with two attached hydrogens (primary N) is 1. The van der Waals surface area contributed by atoms with Crippen LogP contribution in [0.15, 0.2) is 12.3 Å². The summed E-state index contributed by atoms with van der Waals surface area (Å²) >= 11 is 0. The van der Waals surface area contributed by atoms with Gasteiger partial charge in [-0.05, 0) is 18.8 Å². The van der Waals surface area contributed by atoms with E-state index in [2.05, 4.69) is 19.7 Å². The number of hydrogen-bond acceptors (Lipinski definition) is 2. The molecule has 0 aromatic heterocycles. The third kappa shape index (κ3) is 2.82. The molecule has 0 heterocycles. The Morgan fingerprint density at radius 1 is 1.60 bits per heavy atom. The smallest absolute Gasteiger partial charge is 0.309 e. The molecule has 3 N–H and O–H groups in total. The molecule has 0 aromatic carbocycles. The molecule has 0 aliphatic carbocycles. The van der Waals surface area contributed by atoms with Crippen LogP contribution in [0.3, 0.4) is 0 Å². The lowest BCUT2D eigenvalue weighted by molar-refractivity contribution is 1.60. The van der Waals surface area contributed by atoms with Crippen molar-refractivity contribution in [1.82, 2.24) is 0 Å². The van der Waals surface area contributed by atoms with Gasteiger partial charge in [0.2, 0.25) is 0 Å². The van der Waals surface area contributed by atoms with Crippen molar-refractivity contribution in [3.63, 3.8) is 0 Å². The van der Waals surface area contributed by atoms with Crippen LogP contribution in [0.5, 0.6) is 0 Å². The molecule has 0 aliphatic rings. The Balaban J connectivity index is 4.04. The molecule has 0 radical (unpaired) electrons. The van der Waals surface area contributed by atoms with Crippen LogP contribution in [0, 0.1) is 5.41 Å². The lowest BCUT2D eigenvalue weighted by atomic mass is 11.3. The highest BCUT2D eigenvalue weighted by Gasteiger charge is 2.28. The largest absolute Gasteiger partial charge is 0.371 e. The fourth-order valence-electron chi connectivity index (χ4n) is 0.640. The molecule has 0 bridgehead atoms. The first-order valence-corrected chi connectivity index (χ1v) is 11.1. The van der Waals surface area contributed by atoms with E-state index in [9.17, 15) is 0 Å². The summed E-state index contributed by atoms with van der Waals surface area (Å²) < 4.78 is 0. The van der Waals surface area contributed by atoms with Crippen molar-refractivity contribution in [2.24, 2.45) is 5.40 Å². The van der Waals surface area contributed by atoms with Gasteiger partial charge >= 0.3 is 8.11 Å². The van der Waals surface area contributed by atoms with Crippen molar-refractivity contribution in [1.29, 1.82) is 5.41 Å². The molecule has 2 atom stereocenters. The van der Waals surface area contributed by atoms with Crippen molar-refractivity contribution in [2.75, 3.05) is 0 Å². The summed E-state index contributed by atoms with van der Waals surface area (Å²) in [7, 11) is -1.80. The Hall–Kier alpha value is 0.154. The maximum atomic E-state index is 7.15. The number of nitrogens with one attached hydrogen (secondary N) is 1. The normalized spacial score (nSPS) is 16.4. The zero-order valence-corrected chi connectivity index (χ0v) is 9.63. The molecule has 5 heteroatoms. The second-order valence-corrected chi connectivity index (χ2v) is 16.2. The molecule has 58 valence electrons. The van der Waals surface area contributed by atoms with E-state index in [0.29, 0.717) is 0 Å². The summed E-state index contributed by atoms with van der Waals surface area (Å²) in [5.74, 6) is 0. The first-order valence-electron chi connectivity index (χ1n) is 3.23. The molecule has 2 nitrogen and oxygen atoms in total. The minimum atomic E-state index is -1.24. The highest BCUT2D eigenvalue weighted by atomic mass is 32.6. The molecule has 0 saturated heterocycles. The minimum Gasteiger partial charge on any atom is -0.309 e. The first-order chi connectivity index (χ1) is 4.63. The average molecular weight is 191 g/mol. The van der Waals surface area contributed by atoms with E-state index in [1.54, 1.807) is 5.55 Å². The van der Waals surface area contributed by atoms with Gasteiger partial charge in [-0.1, -0.05) is 9.79 Å². The molecule has 10 heavy (non-hydrogen) atoms. The molecular weight excluding hydrogens is 176 g/mol. The van der Waals surface area contributed by atoms with Crippen molar-refractivity contribution < 1.29 is 0 Å². The quantitative estimate of drug-likeness (QED) is 0.282. The van der Waals surface area contributed by atoms with Crippen LogP contribution in [-0.4, -0.2) is 21.6 Å². The fraction of sp³-hybridized carbons (Fsp3) is 0.400. The SMILES string of the molecule is C=C[SiH](N)[S+](C=N)[SiH](C)C. The maximum absolute atomic E-state index is 7.15. The second-order valence-electron chi connectivity index (χ2n) is 2.28. The molecule has 0 saturated carbocycles. The fourth-order valence-corrected chi connectivity index (χ4v) is 12.4. The first kappa shape index (κ1) is 10.2. The van der Waals surface area contributed by atoms with E-state index in [4.69, 9.17) is 10.8 Å². The van der Waals surface area contributed by atoms with Crippen molar-refractivity contribution in [2.45, 2.75) is 13.1 Å². The molecule has 2 unspecified atom stereocenters. The van der Waals surface area contributed by atoms with Gasteiger partial charge < -0.3 is 5.40 Å². The Morgan fingerprint density at radius 2 is 2.10 bits per heavy atom.